The molecular formula is C17H15ClN2O3S. The zero-order chi connectivity index (χ0) is 17.5. The molecule has 0 fully saturated rings. The molecule has 0 unspecified atom stereocenters. The van der Waals surface area contributed by atoms with Crippen LogP contribution in [-0.4, -0.2) is 24.8 Å². The van der Waals surface area contributed by atoms with Crippen molar-refractivity contribution in [2.45, 2.75) is 6.92 Å². The van der Waals surface area contributed by atoms with Crippen LogP contribution in [0.25, 0.3) is 22.2 Å². The van der Waals surface area contributed by atoms with E-state index in [9.17, 15) is 13.5 Å². The second-order valence-electron chi connectivity index (χ2n) is 5.57. The molecule has 0 aliphatic carbocycles. The number of aryl methyl sites for hydroxylation is 1. The number of nitrogens with one attached hydrogen (secondary N) is 1. The number of sulfonamides is 1. The first-order valence-corrected chi connectivity index (χ1v) is 9.38. The molecule has 24 heavy (non-hydrogen) atoms. The van der Waals surface area contributed by atoms with E-state index < -0.39 is 10.0 Å². The maximum atomic E-state index is 11.4. The van der Waals surface area contributed by atoms with E-state index in [-0.39, 0.29) is 10.8 Å². The fourth-order valence-corrected chi connectivity index (χ4v) is 3.31. The summed E-state index contributed by atoms with van der Waals surface area (Å²) in [4.78, 5) is 4.57. The van der Waals surface area contributed by atoms with Gasteiger partial charge in [0.2, 0.25) is 10.0 Å². The SMILES string of the molecule is Cc1cc(-c2cccc(O)c2Cl)nc2ccc(NS(C)(=O)=O)cc12. The highest BCUT2D eigenvalue weighted by atomic mass is 35.5. The average Bonchev–Trinajstić information content (AvgIpc) is 2.49. The molecule has 1 heterocycles. The van der Waals surface area contributed by atoms with Gasteiger partial charge in [-0.3, -0.25) is 4.72 Å². The second-order valence-corrected chi connectivity index (χ2v) is 7.70. The minimum Gasteiger partial charge on any atom is -0.506 e. The van der Waals surface area contributed by atoms with E-state index in [2.05, 4.69) is 9.71 Å². The van der Waals surface area contributed by atoms with E-state index in [0.29, 0.717) is 22.5 Å². The number of hydrogen-bond acceptors (Lipinski definition) is 4. The molecule has 0 amide bonds. The summed E-state index contributed by atoms with van der Waals surface area (Å²) in [6.45, 7) is 1.91. The largest absolute Gasteiger partial charge is 0.506 e. The van der Waals surface area contributed by atoms with Crippen LogP contribution in [0.15, 0.2) is 42.5 Å². The molecule has 3 aromatic rings. The van der Waals surface area contributed by atoms with Crippen LogP contribution in [0.1, 0.15) is 5.56 Å². The number of phenols is 1. The summed E-state index contributed by atoms with van der Waals surface area (Å²) in [7, 11) is -3.34. The maximum Gasteiger partial charge on any atom is 0.229 e. The summed E-state index contributed by atoms with van der Waals surface area (Å²) in [5, 5.41) is 10.8. The third-order valence-electron chi connectivity index (χ3n) is 3.57. The van der Waals surface area contributed by atoms with Gasteiger partial charge in [-0.2, -0.15) is 0 Å². The van der Waals surface area contributed by atoms with Gasteiger partial charge in [-0.15, -0.1) is 0 Å². The topological polar surface area (TPSA) is 79.3 Å². The van der Waals surface area contributed by atoms with Crippen LogP contribution in [0, 0.1) is 6.92 Å². The fraction of sp³-hybridized carbons (Fsp3) is 0.118. The van der Waals surface area contributed by atoms with Gasteiger partial charge in [0.15, 0.2) is 0 Å². The van der Waals surface area contributed by atoms with Crippen molar-refractivity contribution in [2.24, 2.45) is 0 Å². The minimum absolute atomic E-state index is 0.00131. The van der Waals surface area contributed by atoms with Crippen LogP contribution in [0.3, 0.4) is 0 Å². The highest BCUT2D eigenvalue weighted by Crippen LogP contribution is 2.35. The van der Waals surface area contributed by atoms with Gasteiger partial charge in [0.25, 0.3) is 0 Å². The number of halogens is 1. The predicted molar refractivity (Wildman–Crippen MR) is 97.1 cm³/mol. The smallest absolute Gasteiger partial charge is 0.229 e. The van der Waals surface area contributed by atoms with Crippen molar-refractivity contribution in [1.82, 2.24) is 4.98 Å². The maximum absolute atomic E-state index is 11.4. The van der Waals surface area contributed by atoms with Crippen molar-refractivity contribution >= 4 is 38.2 Å². The third-order valence-corrected chi connectivity index (χ3v) is 4.58. The first-order chi connectivity index (χ1) is 11.2. The summed E-state index contributed by atoms with van der Waals surface area (Å²) < 4.78 is 25.2. The molecule has 0 bridgehead atoms. The Morgan fingerprint density at radius 3 is 2.62 bits per heavy atom. The van der Waals surface area contributed by atoms with Gasteiger partial charge in [-0.05, 0) is 42.8 Å². The van der Waals surface area contributed by atoms with Crippen molar-refractivity contribution in [3.8, 4) is 17.0 Å². The van der Waals surface area contributed by atoms with Gasteiger partial charge in [-0.1, -0.05) is 23.7 Å². The Morgan fingerprint density at radius 2 is 1.92 bits per heavy atom. The lowest BCUT2D eigenvalue weighted by molar-refractivity contribution is 0.476. The second kappa shape index (κ2) is 5.96. The Hall–Kier alpha value is -2.31. The van der Waals surface area contributed by atoms with Gasteiger partial charge < -0.3 is 5.11 Å². The van der Waals surface area contributed by atoms with Crippen LogP contribution in [0.4, 0.5) is 5.69 Å². The van der Waals surface area contributed by atoms with Crippen LogP contribution < -0.4 is 4.72 Å². The average molecular weight is 363 g/mol. The Bertz CT molecular complexity index is 1050. The van der Waals surface area contributed by atoms with Crippen molar-refractivity contribution < 1.29 is 13.5 Å². The van der Waals surface area contributed by atoms with Crippen molar-refractivity contribution in [3.05, 3.63) is 53.1 Å². The molecule has 7 heteroatoms. The first kappa shape index (κ1) is 16.5. The molecule has 0 saturated carbocycles. The number of rotatable bonds is 3. The molecule has 0 saturated heterocycles. The molecule has 2 N–H and O–H groups in total. The summed E-state index contributed by atoms with van der Waals surface area (Å²) in [5.41, 5.74) is 3.40. The standard InChI is InChI=1S/C17H15ClN2O3S/c1-10-8-15(12-4-3-5-16(21)17(12)18)19-14-7-6-11(9-13(10)14)20-24(2,22)23/h3-9,20-21H,1-2H3. The van der Waals surface area contributed by atoms with Gasteiger partial charge in [0.1, 0.15) is 5.75 Å². The molecular weight excluding hydrogens is 348 g/mol. The molecule has 0 radical (unpaired) electrons. The molecule has 1 aromatic heterocycles. The number of anilines is 1. The highest BCUT2D eigenvalue weighted by Gasteiger charge is 2.12. The molecule has 2 aromatic carbocycles. The van der Waals surface area contributed by atoms with Gasteiger partial charge >= 0.3 is 0 Å². The first-order valence-electron chi connectivity index (χ1n) is 7.11. The Labute approximate surface area is 145 Å². The van der Waals surface area contributed by atoms with Crippen LogP contribution in [0.2, 0.25) is 5.02 Å². The lowest BCUT2D eigenvalue weighted by Gasteiger charge is -2.11. The minimum atomic E-state index is -3.34. The number of nitrogens with zero attached hydrogens (tertiary/aromatic N) is 1. The number of aromatic nitrogens is 1. The summed E-state index contributed by atoms with van der Waals surface area (Å²) in [6.07, 6.45) is 1.11. The van der Waals surface area contributed by atoms with E-state index in [1.54, 1.807) is 30.3 Å². The lowest BCUT2D eigenvalue weighted by Crippen LogP contribution is -2.09. The zero-order valence-corrected chi connectivity index (χ0v) is 14.6. The molecule has 124 valence electrons. The summed E-state index contributed by atoms with van der Waals surface area (Å²) in [5.74, 6) is 0.00131. The predicted octanol–water partition coefficient (Wildman–Crippen LogP) is 3.94. The number of aromatic hydroxyl groups is 1. The summed E-state index contributed by atoms with van der Waals surface area (Å²) >= 11 is 6.16. The number of fused-ring (bicyclic) bond motifs is 1. The normalized spacial score (nSPS) is 11.6. The molecule has 0 aliphatic heterocycles. The Balaban J connectivity index is 2.15. The third kappa shape index (κ3) is 3.29. The highest BCUT2D eigenvalue weighted by molar-refractivity contribution is 7.92. The van der Waals surface area contributed by atoms with Crippen molar-refractivity contribution in [1.29, 1.82) is 0 Å². The van der Waals surface area contributed by atoms with Crippen molar-refractivity contribution in [3.63, 3.8) is 0 Å². The Kier molecular flexibility index (Phi) is 4.11. The number of pyridine rings is 1. The van der Waals surface area contributed by atoms with Crippen LogP contribution in [-0.2, 0) is 10.0 Å². The summed E-state index contributed by atoms with van der Waals surface area (Å²) in [6, 6.07) is 12.0. The molecule has 0 spiro atoms. The number of phenolic OH excluding ortho intramolecular Hbond substituents is 1. The number of hydrogen-bond donors (Lipinski definition) is 2. The van der Waals surface area contributed by atoms with E-state index >= 15 is 0 Å². The molecule has 3 rings (SSSR count). The van der Waals surface area contributed by atoms with Crippen LogP contribution in [0.5, 0.6) is 5.75 Å². The number of benzene rings is 2. The van der Waals surface area contributed by atoms with E-state index in [0.717, 1.165) is 17.2 Å². The quantitative estimate of drug-likeness (QED) is 0.739. The zero-order valence-electron chi connectivity index (χ0n) is 13.0. The monoisotopic (exact) mass is 362 g/mol. The molecule has 0 aliphatic rings. The van der Waals surface area contributed by atoms with Crippen molar-refractivity contribution in [2.75, 3.05) is 11.0 Å². The molecule has 0 atom stereocenters. The molecule has 5 nitrogen and oxygen atoms in total. The van der Waals surface area contributed by atoms with E-state index in [4.69, 9.17) is 11.6 Å². The van der Waals surface area contributed by atoms with Gasteiger partial charge in [0.05, 0.1) is 22.5 Å². The Morgan fingerprint density at radius 1 is 1.17 bits per heavy atom. The van der Waals surface area contributed by atoms with Gasteiger partial charge in [-0.25, -0.2) is 13.4 Å². The van der Waals surface area contributed by atoms with E-state index in [1.165, 1.54) is 6.07 Å². The lowest BCUT2D eigenvalue weighted by atomic mass is 10.0. The van der Waals surface area contributed by atoms with Gasteiger partial charge in [0, 0.05) is 16.6 Å². The van der Waals surface area contributed by atoms with E-state index in [1.807, 2.05) is 13.0 Å². The fourth-order valence-electron chi connectivity index (χ4n) is 2.53. The van der Waals surface area contributed by atoms with Crippen LogP contribution >= 0.6 is 11.6 Å².